The van der Waals surface area contributed by atoms with Gasteiger partial charge in [0, 0.05) is 50.4 Å². The van der Waals surface area contributed by atoms with Crippen molar-refractivity contribution in [2.45, 2.75) is 19.3 Å². The Kier molecular flexibility index (Phi) is 6.85. The molecule has 7 heteroatoms. The predicted molar refractivity (Wildman–Crippen MR) is 99.4 cm³/mol. The molecule has 7 nitrogen and oxygen atoms in total. The minimum atomic E-state index is -0.0566. The van der Waals surface area contributed by atoms with E-state index in [1.54, 1.807) is 0 Å². The number of anilines is 2. The molecule has 142 valence electrons. The maximum Gasteiger partial charge on any atom is 0.224 e. The number of nitrogens with one attached hydrogen (secondary N) is 1. The van der Waals surface area contributed by atoms with Gasteiger partial charge in [0.1, 0.15) is 0 Å². The van der Waals surface area contributed by atoms with Crippen molar-refractivity contribution in [2.24, 2.45) is 0 Å². The fourth-order valence-electron chi connectivity index (χ4n) is 3.17. The Morgan fingerprint density at radius 3 is 2.15 bits per heavy atom. The van der Waals surface area contributed by atoms with E-state index in [1.807, 2.05) is 29.2 Å². The van der Waals surface area contributed by atoms with Crippen molar-refractivity contribution in [1.29, 1.82) is 0 Å². The molecule has 2 aliphatic heterocycles. The Balaban J connectivity index is 1.38. The summed E-state index contributed by atoms with van der Waals surface area (Å²) in [5.41, 5.74) is 1.92. The molecule has 2 heterocycles. The van der Waals surface area contributed by atoms with Gasteiger partial charge in [0.15, 0.2) is 0 Å². The van der Waals surface area contributed by atoms with Crippen molar-refractivity contribution in [3.05, 3.63) is 24.3 Å². The molecular formula is C19H27N3O4. The van der Waals surface area contributed by atoms with Gasteiger partial charge in [-0.1, -0.05) is 0 Å². The zero-order valence-electron chi connectivity index (χ0n) is 15.1. The highest BCUT2D eigenvalue weighted by Crippen LogP contribution is 2.19. The number of morpholine rings is 2. The maximum atomic E-state index is 12.1. The standard InChI is InChI=1S/C19H27N3O4/c23-18(2-1-3-19(24)22-10-14-26-15-11-22)20-16-4-6-17(7-5-16)21-8-12-25-13-9-21/h4-7H,1-3,8-15H2,(H,20,23). The van der Waals surface area contributed by atoms with Crippen LogP contribution in [0.5, 0.6) is 0 Å². The molecule has 2 amide bonds. The molecular weight excluding hydrogens is 334 g/mol. The lowest BCUT2D eigenvalue weighted by Crippen LogP contribution is -2.40. The number of rotatable bonds is 6. The first-order chi connectivity index (χ1) is 12.7. The van der Waals surface area contributed by atoms with E-state index < -0.39 is 0 Å². The van der Waals surface area contributed by atoms with Gasteiger partial charge >= 0.3 is 0 Å². The number of hydrogen-bond acceptors (Lipinski definition) is 5. The summed E-state index contributed by atoms with van der Waals surface area (Å²) in [6, 6.07) is 7.87. The summed E-state index contributed by atoms with van der Waals surface area (Å²) in [5.74, 6) is 0.0508. The third-order valence-electron chi connectivity index (χ3n) is 4.69. The third kappa shape index (κ3) is 5.44. The molecule has 0 aliphatic carbocycles. The monoisotopic (exact) mass is 361 g/mol. The highest BCUT2D eigenvalue weighted by atomic mass is 16.5. The van der Waals surface area contributed by atoms with Gasteiger partial charge in [0.05, 0.1) is 26.4 Å². The van der Waals surface area contributed by atoms with Crippen molar-refractivity contribution in [1.82, 2.24) is 4.90 Å². The smallest absolute Gasteiger partial charge is 0.224 e. The predicted octanol–water partition coefficient (Wildman–Crippen LogP) is 1.49. The zero-order chi connectivity index (χ0) is 18.2. The maximum absolute atomic E-state index is 12.1. The molecule has 0 atom stereocenters. The van der Waals surface area contributed by atoms with E-state index in [-0.39, 0.29) is 11.8 Å². The second-order valence-electron chi connectivity index (χ2n) is 6.54. The number of nitrogens with zero attached hydrogens (tertiary/aromatic N) is 2. The number of ether oxygens (including phenoxy) is 2. The van der Waals surface area contributed by atoms with Crippen LogP contribution in [0.15, 0.2) is 24.3 Å². The number of hydrogen-bond donors (Lipinski definition) is 1. The van der Waals surface area contributed by atoms with Crippen LogP contribution >= 0.6 is 0 Å². The minimum Gasteiger partial charge on any atom is -0.378 e. The van der Waals surface area contributed by atoms with E-state index in [1.165, 1.54) is 0 Å². The molecule has 0 radical (unpaired) electrons. The molecule has 2 aliphatic rings. The van der Waals surface area contributed by atoms with E-state index in [0.717, 1.165) is 37.7 Å². The average Bonchev–Trinajstić information content (AvgIpc) is 2.70. The number of carbonyl (C=O) groups is 2. The molecule has 0 spiro atoms. The summed E-state index contributed by atoms with van der Waals surface area (Å²) in [4.78, 5) is 28.2. The van der Waals surface area contributed by atoms with E-state index in [9.17, 15) is 9.59 Å². The quantitative estimate of drug-likeness (QED) is 0.831. The second kappa shape index (κ2) is 9.54. The van der Waals surface area contributed by atoms with Crippen LogP contribution in [0.3, 0.4) is 0 Å². The number of carbonyl (C=O) groups excluding carboxylic acids is 2. The fraction of sp³-hybridized carbons (Fsp3) is 0.579. The van der Waals surface area contributed by atoms with Crippen LogP contribution in [0, 0.1) is 0 Å². The first kappa shape index (κ1) is 18.7. The molecule has 1 aromatic carbocycles. The molecule has 0 aromatic heterocycles. The average molecular weight is 361 g/mol. The highest BCUT2D eigenvalue weighted by molar-refractivity contribution is 5.91. The Morgan fingerprint density at radius 1 is 0.885 bits per heavy atom. The van der Waals surface area contributed by atoms with Crippen LogP contribution in [0.25, 0.3) is 0 Å². The van der Waals surface area contributed by atoms with Gasteiger partial charge in [-0.2, -0.15) is 0 Å². The molecule has 1 N–H and O–H groups in total. The van der Waals surface area contributed by atoms with Gasteiger partial charge in [-0.15, -0.1) is 0 Å². The lowest BCUT2D eigenvalue weighted by Gasteiger charge is -2.28. The zero-order valence-corrected chi connectivity index (χ0v) is 15.1. The molecule has 1 aromatic rings. The molecule has 0 bridgehead atoms. The molecule has 26 heavy (non-hydrogen) atoms. The summed E-state index contributed by atoms with van der Waals surface area (Å²) >= 11 is 0. The molecule has 2 saturated heterocycles. The van der Waals surface area contributed by atoms with Gasteiger partial charge in [-0.25, -0.2) is 0 Å². The summed E-state index contributed by atoms with van der Waals surface area (Å²) in [6.07, 6.45) is 1.32. The van der Waals surface area contributed by atoms with Crippen LogP contribution in [-0.4, -0.2) is 69.3 Å². The topological polar surface area (TPSA) is 71.1 Å². The Bertz CT molecular complexity index is 593. The first-order valence-corrected chi connectivity index (χ1v) is 9.30. The van der Waals surface area contributed by atoms with Crippen LogP contribution in [0.1, 0.15) is 19.3 Å². The van der Waals surface area contributed by atoms with Gasteiger partial charge < -0.3 is 24.6 Å². The van der Waals surface area contributed by atoms with Crippen LogP contribution < -0.4 is 10.2 Å². The molecule has 0 unspecified atom stereocenters. The normalized spacial score (nSPS) is 17.8. The second-order valence-corrected chi connectivity index (χ2v) is 6.54. The van der Waals surface area contributed by atoms with Crippen molar-refractivity contribution in [3.63, 3.8) is 0 Å². The molecule has 2 fully saturated rings. The summed E-state index contributed by atoms with van der Waals surface area (Å²) < 4.78 is 10.6. The summed E-state index contributed by atoms with van der Waals surface area (Å²) in [6.45, 7) is 5.80. The van der Waals surface area contributed by atoms with Gasteiger partial charge in [0.2, 0.25) is 11.8 Å². The Morgan fingerprint density at radius 2 is 1.50 bits per heavy atom. The Labute approximate surface area is 154 Å². The Hall–Kier alpha value is -2.12. The van der Waals surface area contributed by atoms with Crippen molar-refractivity contribution in [3.8, 4) is 0 Å². The highest BCUT2D eigenvalue weighted by Gasteiger charge is 2.16. The number of amides is 2. The van der Waals surface area contributed by atoms with Gasteiger partial charge in [-0.3, -0.25) is 9.59 Å². The third-order valence-corrected chi connectivity index (χ3v) is 4.69. The summed E-state index contributed by atoms with van der Waals surface area (Å²) in [7, 11) is 0. The van der Waals surface area contributed by atoms with E-state index in [2.05, 4.69) is 10.2 Å². The molecule has 3 rings (SSSR count). The van der Waals surface area contributed by atoms with E-state index in [4.69, 9.17) is 9.47 Å². The summed E-state index contributed by atoms with van der Waals surface area (Å²) in [5, 5.41) is 2.90. The van der Waals surface area contributed by atoms with Crippen LogP contribution in [0.4, 0.5) is 11.4 Å². The lowest BCUT2D eigenvalue weighted by atomic mass is 10.2. The van der Waals surface area contributed by atoms with Gasteiger partial charge in [-0.05, 0) is 30.7 Å². The SMILES string of the molecule is O=C(CCCC(=O)N1CCOCC1)Nc1ccc(N2CCOCC2)cc1. The van der Waals surface area contributed by atoms with Crippen molar-refractivity contribution >= 4 is 23.2 Å². The minimum absolute atomic E-state index is 0.0566. The van der Waals surface area contributed by atoms with Crippen LogP contribution in [0.2, 0.25) is 0 Å². The first-order valence-electron chi connectivity index (χ1n) is 9.30. The lowest BCUT2D eigenvalue weighted by molar-refractivity contribution is -0.135. The van der Waals surface area contributed by atoms with E-state index >= 15 is 0 Å². The largest absolute Gasteiger partial charge is 0.378 e. The fourth-order valence-corrected chi connectivity index (χ4v) is 3.17. The van der Waals surface area contributed by atoms with Crippen LogP contribution in [-0.2, 0) is 19.1 Å². The van der Waals surface area contributed by atoms with E-state index in [0.29, 0.717) is 45.6 Å². The van der Waals surface area contributed by atoms with Crippen molar-refractivity contribution < 1.29 is 19.1 Å². The van der Waals surface area contributed by atoms with Gasteiger partial charge in [0.25, 0.3) is 0 Å². The number of benzene rings is 1. The molecule has 0 saturated carbocycles. The van der Waals surface area contributed by atoms with Crippen molar-refractivity contribution in [2.75, 3.05) is 62.8 Å².